The second-order valence-electron chi connectivity index (χ2n) is 2.74. The Morgan fingerprint density at radius 3 is 2.60 bits per heavy atom. The molecule has 0 atom stereocenters. The molecule has 4 nitrogen and oxygen atoms in total. The van der Waals surface area contributed by atoms with Crippen molar-refractivity contribution in [1.29, 1.82) is 0 Å². The average Bonchev–Trinajstić information content (AvgIpc) is 2.29. The lowest BCUT2D eigenvalue weighted by molar-refractivity contribution is 1.15. The van der Waals surface area contributed by atoms with Gasteiger partial charge in [-0.05, 0) is 6.07 Å². The second-order valence-corrected chi connectivity index (χ2v) is 3.13. The molecule has 0 unspecified atom stereocenters. The van der Waals surface area contributed by atoms with Crippen LogP contribution in [-0.2, 0) is 0 Å². The van der Waals surface area contributed by atoms with Crippen molar-refractivity contribution in [2.24, 2.45) is 0 Å². The molecular weight excluding hydrogens is 212 g/mol. The zero-order valence-electron chi connectivity index (χ0n) is 7.55. The maximum Gasteiger partial charge on any atom is 0.205 e. The zero-order chi connectivity index (χ0) is 10.7. The van der Waals surface area contributed by atoms with Crippen molar-refractivity contribution >= 4 is 17.3 Å². The van der Waals surface area contributed by atoms with Crippen LogP contribution < -0.4 is 0 Å². The first kappa shape index (κ1) is 9.56. The predicted molar refractivity (Wildman–Crippen MR) is 56.5 cm³/mol. The summed E-state index contributed by atoms with van der Waals surface area (Å²) in [6.45, 7) is 6.79. The highest BCUT2D eigenvalue weighted by Crippen LogP contribution is 2.18. The van der Waals surface area contributed by atoms with Crippen molar-refractivity contribution in [3.63, 3.8) is 0 Å². The number of hydrogen-bond donors (Lipinski definition) is 0. The molecule has 0 aromatic carbocycles. The van der Waals surface area contributed by atoms with Crippen LogP contribution in [0, 0.1) is 6.57 Å². The summed E-state index contributed by atoms with van der Waals surface area (Å²) in [7, 11) is 0. The van der Waals surface area contributed by atoms with Crippen LogP contribution in [0.4, 0.5) is 5.69 Å². The van der Waals surface area contributed by atoms with E-state index >= 15 is 0 Å². The Morgan fingerprint density at radius 2 is 2.00 bits per heavy atom. The van der Waals surface area contributed by atoms with Gasteiger partial charge in [0, 0.05) is 12.3 Å². The number of nitrogens with zero attached hydrogens (tertiary/aromatic N) is 4. The van der Waals surface area contributed by atoms with E-state index in [1.807, 2.05) is 0 Å². The molecule has 0 aliphatic rings. The van der Waals surface area contributed by atoms with Crippen molar-refractivity contribution < 1.29 is 0 Å². The third-order valence-corrected chi connectivity index (χ3v) is 1.98. The Balaban J connectivity index is 2.42. The maximum atomic E-state index is 6.79. The number of aromatic nitrogens is 3. The van der Waals surface area contributed by atoms with Crippen LogP contribution in [0.3, 0.4) is 0 Å². The van der Waals surface area contributed by atoms with Crippen LogP contribution in [0.15, 0.2) is 30.7 Å². The molecule has 0 N–H and O–H groups in total. The van der Waals surface area contributed by atoms with Gasteiger partial charge < -0.3 is 0 Å². The monoisotopic (exact) mass is 216 g/mol. The van der Waals surface area contributed by atoms with Crippen molar-refractivity contribution in [3.8, 4) is 11.4 Å². The molecule has 0 fully saturated rings. The average molecular weight is 217 g/mol. The van der Waals surface area contributed by atoms with Crippen molar-refractivity contribution in [1.82, 2.24) is 15.0 Å². The van der Waals surface area contributed by atoms with Crippen molar-refractivity contribution in [3.05, 3.63) is 47.3 Å². The molecule has 0 saturated heterocycles. The van der Waals surface area contributed by atoms with Crippen LogP contribution >= 0.6 is 11.6 Å². The molecule has 2 rings (SSSR count). The van der Waals surface area contributed by atoms with Gasteiger partial charge in [-0.1, -0.05) is 17.7 Å². The standard InChI is InChI=1S/C10H5ClN4/c1-12-7-2-3-8(13-5-7)9-4-10(11)15-6-14-9/h2-6H. The highest BCUT2D eigenvalue weighted by Gasteiger charge is 2.01. The largest absolute Gasteiger partial charge is 0.266 e. The quantitative estimate of drug-likeness (QED) is 0.544. The Labute approximate surface area is 91.4 Å². The van der Waals surface area contributed by atoms with E-state index in [9.17, 15) is 0 Å². The van der Waals surface area contributed by atoms with Crippen LogP contribution in [0.5, 0.6) is 0 Å². The van der Waals surface area contributed by atoms with Gasteiger partial charge in [0.05, 0.1) is 18.0 Å². The Kier molecular flexibility index (Phi) is 2.57. The molecule has 2 heterocycles. The Morgan fingerprint density at radius 1 is 1.13 bits per heavy atom. The van der Waals surface area contributed by atoms with Gasteiger partial charge in [-0.3, -0.25) is 4.98 Å². The minimum absolute atomic E-state index is 0.371. The molecule has 0 bridgehead atoms. The fourth-order valence-electron chi connectivity index (χ4n) is 1.08. The molecule has 15 heavy (non-hydrogen) atoms. The SMILES string of the molecule is [C-]#[N+]c1ccc(-c2cc(Cl)ncn2)nc1. The number of halogens is 1. The molecule has 0 amide bonds. The van der Waals surface area contributed by atoms with Crippen molar-refractivity contribution in [2.75, 3.05) is 0 Å². The minimum atomic E-state index is 0.371. The van der Waals surface area contributed by atoms with E-state index in [2.05, 4.69) is 19.8 Å². The lowest BCUT2D eigenvalue weighted by atomic mass is 10.2. The zero-order valence-corrected chi connectivity index (χ0v) is 8.31. The van der Waals surface area contributed by atoms with Crippen LogP contribution in [-0.4, -0.2) is 15.0 Å². The second kappa shape index (κ2) is 4.03. The first-order chi connectivity index (χ1) is 7.29. The first-order valence-electron chi connectivity index (χ1n) is 4.11. The fraction of sp³-hybridized carbons (Fsp3) is 0. The summed E-state index contributed by atoms with van der Waals surface area (Å²) in [5.74, 6) is 0. The van der Waals surface area contributed by atoms with Gasteiger partial charge in [0.15, 0.2) is 0 Å². The highest BCUT2D eigenvalue weighted by atomic mass is 35.5. The van der Waals surface area contributed by atoms with Crippen LogP contribution in [0.25, 0.3) is 16.2 Å². The summed E-state index contributed by atoms with van der Waals surface area (Å²) in [4.78, 5) is 15.2. The molecule has 0 aliphatic heterocycles. The van der Waals surface area contributed by atoms with Gasteiger partial charge >= 0.3 is 0 Å². The lowest BCUT2D eigenvalue weighted by Gasteiger charge is -1.99. The molecule has 0 aliphatic carbocycles. The smallest absolute Gasteiger partial charge is 0.205 e. The molecule has 5 heteroatoms. The molecular formula is C10H5ClN4. The van der Waals surface area contributed by atoms with Gasteiger partial charge in [0.1, 0.15) is 11.5 Å². The van der Waals surface area contributed by atoms with Crippen LogP contribution in [0.1, 0.15) is 0 Å². The van der Waals surface area contributed by atoms with Gasteiger partial charge in [0.2, 0.25) is 5.69 Å². The van der Waals surface area contributed by atoms with Gasteiger partial charge in [-0.25, -0.2) is 14.8 Å². The summed E-state index contributed by atoms with van der Waals surface area (Å²) in [5, 5.41) is 0.371. The molecule has 0 saturated carbocycles. The summed E-state index contributed by atoms with van der Waals surface area (Å²) >= 11 is 5.73. The first-order valence-corrected chi connectivity index (χ1v) is 4.49. The van der Waals surface area contributed by atoms with E-state index in [0.29, 0.717) is 22.2 Å². The predicted octanol–water partition coefficient (Wildman–Crippen LogP) is 2.74. The molecule has 0 spiro atoms. The summed E-state index contributed by atoms with van der Waals surface area (Å²) < 4.78 is 0. The van der Waals surface area contributed by atoms with Gasteiger partial charge in [-0.2, -0.15) is 0 Å². The molecule has 2 aromatic rings. The Hall–Kier alpha value is -1.99. The van der Waals surface area contributed by atoms with Crippen molar-refractivity contribution in [2.45, 2.75) is 0 Å². The minimum Gasteiger partial charge on any atom is -0.266 e. The normalized spacial score (nSPS) is 9.60. The van der Waals surface area contributed by atoms with E-state index < -0.39 is 0 Å². The fourth-order valence-corrected chi connectivity index (χ4v) is 1.22. The number of hydrogen-bond acceptors (Lipinski definition) is 3. The third-order valence-electron chi connectivity index (χ3n) is 1.77. The van der Waals surface area contributed by atoms with Gasteiger partial charge in [-0.15, -0.1) is 0 Å². The van der Waals surface area contributed by atoms with Crippen LogP contribution in [0.2, 0.25) is 5.15 Å². The molecule has 0 radical (unpaired) electrons. The number of pyridine rings is 1. The molecule has 72 valence electrons. The number of rotatable bonds is 1. The Bertz CT molecular complexity index is 516. The van der Waals surface area contributed by atoms with E-state index in [-0.39, 0.29) is 0 Å². The summed E-state index contributed by atoms with van der Waals surface area (Å²) in [6.07, 6.45) is 2.88. The van der Waals surface area contributed by atoms with E-state index in [1.54, 1.807) is 18.2 Å². The molecule has 2 aromatic heterocycles. The van der Waals surface area contributed by atoms with E-state index in [4.69, 9.17) is 18.2 Å². The summed E-state index contributed by atoms with van der Waals surface area (Å²) in [5.41, 5.74) is 1.82. The lowest BCUT2D eigenvalue weighted by Crippen LogP contribution is -1.87. The maximum absolute atomic E-state index is 6.79. The van der Waals surface area contributed by atoms with E-state index in [1.165, 1.54) is 12.5 Å². The highest BCUT2D eigenvalue weighted by molar-refractivity contribution is 6.29. The topological polar surface area (TPSA) is 43.0 Å². The third kappa shape index (κ3) is 2.09. The van der Waals surface area contributed by atoms with Gasteiger partial charge in [0.25, 0.3) is 0 Å². The van der Waals surface area contributed by atoms with E-state index in [0.717, 1.165) is 0 Å². The summed E-state index contributed by atoms with van der Waals surface area (Å²) in [6, 6.07) is 5.04.